The Bertz CT molecular complexity index is 338. The smallest absolute Gasteiger partial charge is 0.325 e. The van der Waals surface area contributed by atoms with E-state index in [9.17, 15) is 4.79 Å². The molecule has 0 saturated heterocycles. The molecule has 1 atom stereocenters. The molecule has 0 aliphatic heterocycles. The lowest BCUT2D eigenvalue weighted by atomic mass is 9.94. The summed E-state index contributed by atoms with van der Waals surface area (Å²) in [7, 11) is 3.74. The Hall–Kier alpha value is -0.610. The van der Waals surface area contributed by atoms with Crippen LogP contribution < -0.4 is 5.32 Å². The van der Waals surface area contributed by atoms with Crippen LogP contribution in [-0.4, -0.2) is 49.2 Å². The van der Waals surface area contributed by atoms with Crippen molar-refractivity contribution in [3.8, 4) is 0 Å². The zero-order chi connectivity index (χ0) is 15.3. The minimum Gasteiger partial charge on any atom is -0.468 e. The van der Waals surface area contributed by atoms with Gasteiger partial charge in [-0.25, -0.2) is 0 Å². The standard InChI is InChI=1S/C17H32N2O2/c1-17(16(20)21-3,18-14-10-11-14)12-6-7-13-19(2)15-8-4-5-9-15/h14-15,18H,4-13H2,1-3H3. The number of unbranched alkanes of at least 4 members (excludes halogenated alkanes) is 1. The molecule has 0 aromatic heterocycles. The largest absolute Gasteiger partial charge is 0.468 e. The number of nitrogens with one attached hydrogen (secondary N) is 1. The molecule has 4 heteroatoms. The van der Waals surface area contributed by atoms with E-state index in [1.165, 1.54) is 45.6 Å². The molecule has 0 heterocycles. The number of hydrogen-bond donors (Lipinski definition) is 1. The molecular weight excluding hydrogens is 264 g/mol. The van der Waals surface area contributed by atoms with Crippen molar-refractivity contribution in [3.63, 3.8) is 0 Å². The third kappa shape index (κ3) is 4.96. The fourth-order valence-corrected chi connectivity index (χ4v) is 3.50. The van der Waals surface area contributed by atoms with Crippen LogP contribution >= 0.6 is 0 Å². The van der Waals surface area contributed by atoms with Gasteiger partial charge in [0.25, 0.3) is 0 Å². The van der Waals surface area contributed by atoms with Crippen LogP contribution in [0.2, 0.25) is 0 Å². The Morgan fingerprint density at radius 1 is 1.24 bits per heavy atom. The number of carbonyl (C=O) groups excluding carboxylic acids is 1. The van der Waals surface area contributed by atoms with Gasteiger partial charge >= 0.3 is 5.97 Å². The van der Waals surface area contributed by atoms with Crippen LogP contribution in [0.4, 0.5) is 0 Å². The number of rotatable bonds is 9. The van der Waals surface area contributed by atoms with E-state index in [4.69, 9.17) is 4.74 Å². The van der Waals surface area contributed by atoms with Crippen molar-refractivity contribution in [2.45, 2.75) is 82.3 Å². The Kier molecular flexibility index (Phi) is 6.06. The first-order valence-corrected chi connectivity index (χ1v) is 8.61. The monoisotopic (exact) mass is 296 g/mol. The lowest BCUT2D eigenvalue weighted by Gasteiger charge is -2.29. The second-order valence-electron chi connectivity index (χ2n) is 7.12. The van der Waals surface area contributed by atoms with Crippen molar-refractivity contribution in [1.82, 2.24) is 10.2 Å². The van der Waals surface area contributed by atoms with Gasteiger partial charge in [-0.15, -0.1) is 0 Å². The van der Waals surface area contributed by atoms with E-state index in [1.807, 2.05) is 6.92 Å². The molecule has 2 aliphatic carbocycles. The fraction of sp³-hybridized carbons (Fsp3) is 0.941. The van der Waals surface area contributed by atoms with Crippen LogP contribution in [0, 0.1) is 0 Å². The predicted molar refractivity (Wildman–Crippen MR) is 85.3 cm³/mol. The average Bonchev–Trinajstić information content (AvgIpc) is 3.10. The summed E-state index contributed by atoms with van der Waals surface area (Å²) < 4.78 is 4.99. The van der Waals surface area contributed by atoms with E-state index < -0.39 is 5.54 Å². The molecule has 0 radical (unpaired) electrons. The molecule has 2 saturated carbocycles. The molecule has 0 aromatic rings. The number of hydrogen-bond acceptors (Lipinski definition) is 4. The second kappa shape index (κ2) is 7.59. The predicted octanol–water partition coefficient (Wildman–Crippen LogP) is 2.71. The second-order valence-corrected chi connectivity index (χ2v) is 7.12. The SMILES string of the molecule is COC(=O)C(C)(CCCCN(C)C1CCCC1)NC1CC1. The summed E-state index contributed by atoms with van der Waals surface area (Å²) in [6.07, 6.45) is 11.0. The van der Waals surface area contributed by atoms with Crippen LogP contribution in [0.5, 0.6) is 0 Å². The number of methoxy groups -OCH3 is 1. The molecule has 1 N–H and O–H groups in total. The summed E-state index contributed by atoms with van der Waals surface area (Å²) in [6, 6.07) is 1.32. The van der Waals surface area contributed by atoms with E-state index in [0.29, 0.717) is 6.04 Å². The lowest BCUT2D eigenvalue weighted by molar-refractivity contribution is -0.148. The summed E-state index contributed by atoms with van der Waals surface area (Å²) >= 11 is 0. The van der Waals surface area contributed by atoms with E-state index in [1.54, 1.807) is 0 Å². The molecule has 0 amide bonds. The summed E-state index contributed by atoms with van der Waals surface area (Å²) in [5.41, 5.74) is -0.498. The molecular formula is C17H32N2O2. The number of ether oxygens (including phenoxy) is 1. The lowest BCUT2D eigenvalue weighted by Crippen LogP contribution is -2.51. The van der Waals surface area contributed by atoms with Gasteiger partial charge < -0.3 is 9.64 Å². The zero-order valence-electron chi connectivity index (χ0n) is 14.0. The highest BCUT2D eigenvalue weighted by molar-refractivity contribution is 5.80. The van der Waals surface area contributed by atoms with Crippen LogP contribution in [0.1, 0.15) is 64.7 Å². The number of carbonyl (C=O) groups is 1. The van der Waals surface area contributed by atoms with Crippen molar-refractivity contribution < 1.29 is 9.53 Å². The van der Waals surface area contributed by atoms with Crippen molar-refractivity contribution in [1.29, 1.82) is 0 Å². The molecule has 0 spiro atoms. The van der Waals surface area contributed by atoms with Crippen LogP contribution in [0.15, 0.2) is 0 Å². The van der Waals surface area contributed by atoms with Gasteiger partial charge in [-0.2, -0.15) is 0 Å². The third-order valence-corrected chi connectivity index (χ3v) is 5.12. The topological polar surface area (TPSA) is 41.6 Å². The maximum atomic E-state index is 12.0. The number of nitrogens with zero attached hydrogens (tertiary/aromatic N) is 1. The molecule has 4 nitrogen and oxygen atoms in total. The first kappa shape index (κ1) is 16.8. The van der Waals surface area contributed by atoms with Crippen molar-refractivity contribution in [2.24, 2.45) is 0 Å². The molecule has 1 unspecified atom stereocenters. The summed E-state index contributed by atoms with van der Waals surface area (Å²) in [6.45, 7) is 3.14. The summed E-state index contributed by atoms with van der Waals surface area (Å²) in [4.78, 5) is 14.5. The minimum atomic E-state index is -0.498. The maximum Gasteiger partial charge on any atom is 0.325 e. The number of esters is 1. The van der Waals surface area contributed by atoms with Gasteiger partial charge in [-0.1, -0.05) is 12.8 Å². The van der Waals surface area contributed by atoms with Gasteiger partial charge in [0.05, 0.1) is 7.11 Å². The maximum absolute atomic E-state index is 12.0. The van der Waals surface area contributed by atoms with Gasteiger partial charge in [0, 0.05) is 12.1 Å². The van der Waals surface area contributed by atoms with Gasteiger partial charge in [-0.3, -0.25) is 10.1 Å². The Balaban J connectivity index is 1.69. The van der Waals surface area contributed by atoms with Crippen molar-refractivity contribution >= 4 is 5.97 Å². The van der Waals surface area contributed by atoms with Crippen LogP contribution in [-0.2, 0) is 9.53 Å². The molecule has 2 rings (SSSR count). The van der Waals surface area contributed by atoms with E-state index >= 15 is 0 Å². The van der Waals surface area contributed by atoms with E-state index in [0.717, 1.165) is 31.8 Å². The Morgan fingerprint density at radius 2 is 1.90 bits per heavy atom. The van der Waals surface area contributed by atoms with Crippen LogP contribution in [0.25, 0.3) is 0 Å². The molecule has 0 bridgehead atoms. The van der Waals surface area contributed by atoms with Gasteiger partial charge in [-0.05, 0) is 65.5 Å². The minimum absolute atomic E-state index is 0.112. The first-order valence-electron chi connectivity index (χ1n) is 8.61. The molecule has 2 fully saturated rings. The third-order valence-electron chi connectivity index (χ3n) is 5.12. The molecule has 21 heavy (non-hydrogen) atoms. The highest BCUT2D eigenvalue weighted by atomic mass is 16.5. The Labute approximate surface area is 129 Å². The van der Waals surface area contributed by atoms with E-state index in [2.05, 4.69) is 17.3 Å². The van der Waals surface area contributed by atoms with Crippen molar-refractivity contribution in [2.75, 3.05) is 20.7 Å². The summed E-state index contributed by atoms with van der Waals surface area (Å²) in [5, 5.41) is 3.47. The Morgan fingerprint density at radius 3 is 2.48 bits per heavy atom. The fourth-order valence-electron chi connectivity index (χ4n) is 3.50. The first-order chi connectivity index (χ1) is 10.0. The van der Waals surface area contributed by atoms with Gasteiger partial charge in [0.1, 0.15) is 5.54 Å². The summed E-state index contributed by atoms with van der Waals surface area (Å²) in [5.74, 6) is -0.112. The zero-order valence-corrected chi connectivity index (χ0v) is 14.0. The normalized spacial score (nSPS) is 22.5. The van der Waals surface area contributed by atoms with Crippen LogP contribution in [0.3, 0.4) is 0 Å². The highest BCUT2D eigenvalue weighted by Gasteiger charge is 2.38. The highest BCUT2D eigenvalue weighted by Crippen LogP contribution is 2.26. The molecule has 0 aromatic carbocycles. The average molecular weight is 296 g/mol. The van der Waals surface area contributed by atoms with Gasteiger partial charge in [0.15, 0.2) is 0 Å². The molecule has 122 valence electrons. The van der Waals surface area contributed by atoms with E-state index in [-0.39, 0.29) is 5.97 Å². The van der Waals surface area contributed by atoms with Gasteiger partial charge in [0.2, 0.25) is 0 Å². The molecule has 2 aliphatic rings. The van der Waals surface area contributed by atoms with Crippen molar-refractivity contribution in [3.05, 3.63) is 0 Å². The quantitative estimate of drug-likeness (QED) is 0.525.